The number of nitrogens with one attached hydrogen (secondary N) is 1. The smallest absolute Gasteiger partial charge is 0.242 e. The van der Waals surface area contributed by atoms with E-state index in [1.165, 1.54) is 0 Å². The molecule has 4 heteroatoms. The molecule has 0 aliphatic carbocycles. The van der Waals surface area contributed by atoms with Gasteiger partial charge >= 0.3 is 0 Å². The highest BCUT2D eigenvalue weighted by molar-refractivity contribution is 5.83. The average molecular weight is 221 g/mol. The van der Waals surface area contributed by atoms with Crippen LogP contribution >= 0.6 is 0 Å². The zero-order valence-corrected chi connectivity index (χ0v) is 10.1. The number of rotatable bonds is 5. The van der Waals surface area contributed by atoms with E-state index in [2.05, 4.69) is 10.3 Å². The zero-order valence-electron chi connectivity index (χ0n) is 10.1. The molecule has 1 unspecified atom stereocenters. The van der Waals surface area contributed by atoms with Crippen LogP contribution in [0, 0.1) is 0 Å². The van der Waals surface area contributed by atoms with Crippen LogP contribution in [0.2, 0.25) is 0 Å². The Morgan fingerprint density at radius 1 is 1.56 bits per heavy atom. The zero-order chi connectivity index (χ0) is 12.0. The van der Waals surface area contributed by atoms with Crippen LogP contribution in [0.3, 0.4) is 0 Å². The summed E-state index contributed by atoms with van der Waals surface area (Å²) in [6, 6.07) is 3.50. The third kappa shape index (κ3) is 3.31. The molecule has 1 aromatic heterocycles. The summed E-state index contributed by atoms with van der Waals surface area (Å²) in [5.74, 6) is 0.0276. The van der Waals surface area contributed by atoms with Crippen molar-refractivity contribution >= 4 is 5.91 Å². The standard InChI is InChI=1S/C12H19N3O/c1-4-7-14-12(16)11(15(2)3)10-6-5-8-13-9-10/h5-6,8-9,11H,4,7H2,1-3H3,(H,14,16). The van der Waals surface area contributed by atoms with Gasteiger partial charge in [-0.1, -0.05) is 13.0 Å². The molecule has 1 aromatic rings. The molecule has 1 heterocycles. The minimum absolute atomic E-state index is 0.0276. The van der Waals surface area contributed by atoms with Gasteiger partial charge in [-0.15, -0.1) is 0 Å². The summed E-state index contributed by atoms with van der Waals surface area (Å²) in [5, 5.41) is 2.90. The summed E-state index contributed by atoms with van der Waals surface area (Å²) in [4.78, 5) is 17.9. The quantitative estimate of drug-likeness (QED) is 0.813. The lowest BCUT2D eigenvalue weighted by Crippen LogP contribution is -2.37. The maximum atomic E-state index is 12.0. The fourth-order valence-corrected chi connectivity index (χ4v) is 1.57. The average Bonchev–Trinajstić information content (AvgIpc) is 2.27. The first-order chi connectivity index (χ1) is 7.66. The predicted molar refractivity (Wildman–Crippen MR) is 64.0 cm³/mol. The summed E-state index contributed by atoms with van der Waals surface area (Å²) >= 11 is 0. The molecule has 0 fully saturated rings. The van der Waals surface area contributed by atoms with E-state index in [9.17, 15) is 4.79 Å². The Hall–Kier alpha value is -1.42. The van der Waals surface area contributed by atoms with Crippen LogP contribution in [-0.2, 0) is 4.79 Å². The van der Waals surface area contributed by atoms with Crippen molar-refractivity contribution < 1.29 is 4.79 Å². The largest absolute Gasteiger partial charge is 0.354 e. The van der Waals surface area contributed by atoms with Gasteiger partial charge in [0.15, 0.2) is 0 Å². The highest BCUT2D eigenvalue weighted by atomic mass is 16.2. The molecule has 1 rings (SSSR count). The van der Waals surface area contributed by atoms with Gasteiger partial charge in [0, 0.05) is 18.9 Å². The Labute approximate surface area is 96.7 Å². The number of pyridine rings is 1. The summed E-state index contributed by atoms with van der Waals surface area (Å²) in [6.45, 7) is 2.75. The normalized spacial score (nSPS) is 12.5. The third-order valence-electron chi connectivity index (χ3n) is 2.31. The van der Waals surface area contributed by atoms with E-state index in [4.69, 9.17) is 0 Å². The maximum absolute atomic E-state index is 12.0. The molecular formula is C12H19N3O. The molecular weight excluding hydrogens is 202 g/mol. The number of hydrogen-bond acceptors (Lipinski definition) is 3. The second-order valence-corrected chi connectivity index (χ2v) is 3.94. The monoisotopic (exact) mass is 221 g/mol. The Kier molecular flexibility index (Phi) is 4.92. The van der Waals surface area contributed by atoms with Crippen molar-refractivity contribution in [2.24, 2.45) is 0 Å². The van der Waals surface area contributed by atoms with Gasteiger partial charge < -0.3 is 5.32 Å². The molecule has 0 saturated heterocycles. The highest BCUT2D eigenvalue weighted by Gasteiger charge is 2.22. The van der Waals surface area contributed by atoms with Crippen molar-refractivity contribution in [2.45, 2.75) is 19.4 Å². The number of carbonyl (C=O) groups excluding carboxylic acids is 1. The Bertz CT molecular complexity index is 324. The number of carbonyl (C=O) groups is 1. The lowest BCUT2D eigenvalue weighted by molar-refractivity contribution is -0.125. The molecule has 0 saturated carbocycles. The van der Waals surface area contributed by atoms with E-state index in [0.717, 1.165) is 12.0 Å². The minimum Gasteiger partial charge on any atom is -0.354 e. The summed E-state index contributed by atoms with van der Waals surface area (Å²) < 4.78 is 0. The Balaban J connectivity index is 2.79. The first-order valence-electron chi connectivity index (χ1n) is 5.51. The van der Waals surface area contributed by atoms with Crippen molar-refractivity contribution in [3.8, 4) is 0 Å². The minimum atomic E-state index is -0.264. The van der Waals surface area contributed by atoms with Crippen LogP contribution in [0.1, 0.15) is 24.9 Å². The van der Waals surface area contributed by atoms with Gasteiger partial charge in [0.2, 0.25) is 5.91 Å². The van der Waals surface area contributed by atoms with E-state index in [1.807, 2.05) is 38.1 Å². The maximum Gasteiger partial charge on any atom is 0.242 e. The molecule has 4 nitrogen and oxygen atoms in total. The first-order valence-corrected chi connectivity index (χ1v) is 5.51. The van der Waals surface area contributed by atoms with Crippen molar-refractivity contribution in [2.75, 3.05) is 20.6 Å². The molecule has 1 amide bonds. The van der Waals surface area contributed by atoms with Crippen LogP contribution in [0.25, 0.3) is 0 Å². The number of likely N-dealkylation sites (N-methyl/N-ethyl adjacent to an activating group) is 1. The Morgan fingerprint density at radius 2 is 2.31 bits per heavy atom. The third-order valence-corrected chi connectivity index (χ3v) is 2.31. The molecule has 0 spiro atoms. The van der Waals surface area contributed by atoms with Crippen LogP contribution in [0.5, 0.6) is 0 Å². The molecule has 0 aliphatic heterocycles. The van der Waals surface area contributed by atoms with Gasteiger partial charge in [-0.05, 0) is 32.1 Å². The number of amides is 1. The number of nitrogens with zero attached hydrogens (tertiary/aromatic N) is 2. The fraction of sp³-hybridized carbons (Fsp3) is 0.500. The van der Waals surface area contributed by atoms with Crippen molar-refractivity contribution in [1.29, 1.82) is 0 Å². The SMILES string of the molecule is CCCNC(=O)C(c1cccnc1)N(C)C. The van der Waals surface area contributed by atoms with E-state index in [-0.39, 0.29) is 11.9 Å². The van der Waals surface area contributed by atoms with Crippen LogP contribution in [0.15, 0.2) is 24.5 Å². The summed E-state index contributed by atoms with van der Waals surface area (Å²) in [5.41, 5.74) is 0.918. The lowest BCUT2D eigenvalue weighted by Gasteiger charge is -2.23. The van der Waals surface area contributed by atoms with Crippen LogP contribution in [-0.4, -0.2) is 36.4 Å². The van der Waals surface area contributed by atoms with E-state index in [0.29, 0.717) is 6.54 Å². The lowest BCUT2D eigenvalue weighted by atomic mass is 10.1. The van der Waals surface area contributed by atoms with Crippen LogP contribution < -0.4 is 5.32 Å². The van der Waals surface area contributed by atoms with E-state index < -0.39 is 0 Å². The topological polar surface area (TPSA) is 45.2 Å². The Morgan fingerprint density at radius 3 is 2.81 bits per heavy atom. The molecule has 16 heavy (non-hydrogen) atoms. The molecule has 1 N–H and O–H groups in total. The predicted octanol–water partition coefficient (Wildman–Crippen LogP) is 1.21. The van der Waals surface area contributed by atoms with Gasteiger partial charge in [0.05, 0.1) is 0 Å². The van der Waals surface area contributed by atoms with E-state index in [1.54, 1.807) is 12.4 Å². The fourth-order valence-electron chi connectivity index (χ4n) is 1.57. The molecule has 0 aliphatic rings. The van der Waals surface area contributed by atoms with Gasteiger partial charge in [-0.25, -0.2) is 0 Å². The molecule has 0 bridgehead atoms. The molecule has 0 radical (unpaired) electrons. The second-order valence-electron chi connectivity index (χ2n) is 3.94. The van der Waals surface area contributed by atoms with Crippen molar-refractivity contribution in [3.63, 3.8) is 0 Å². The first kappa shape index (κ1) is 12.6. The summed E-state index contributed by atoms with van der Waals surface area (Å²) in [7, 11) is 3.78. The molecule has 88 valence electrons. The number of aromatic nitrogens is 1. The highest BCUT2D eigenvalue weighted by Crippen LogP contribution is 2.16. The van der Waals surface area contributed by atoms with E-state index >= 15 is 0 Å². The van der Waals surface area contributed by atoms with Gasteiger partial charge in [0.25, 0.3) is 0 Å². The van der Waals surface area contributed by atoms with Gasteiger partial charge in [0.1, 0.15) is 6.04 Å². The summed E-state index contributed by atoms with van der Waals surface area (Å²) in [6.07, 6.45) is 4.38. The molecule has 1 atom stereocenters. The molecule has 0 aromatic carbocycles. The van der Waals surface area contributed by atoms with Gasteiger partial charge in [-0.3, -0.25) is 14.7 Å². The van der Waals surface area contributed by atoms with Gasteiger partial charge in [-0.2, -0.15) is 0 Å². The van der Waals surface area contributed by atoms with Crippen LogP contribution in [0.4, 0.5) is 0 Å². The van der Waals surface area contributed by atoms with Crippen molar-refractivity contribution in [3.05, 3.63) is 30.1 Å². The number of hydrogen-bond donors (Lipinski definition) is 1. The second kappa shape index (κ2) is 6.23. The van der Waals surface area contributed by atoms with Crippen molar-refractivity contribution in [1.82, 2.24) is 15.2 Å².